The van der Waals surface area contributed by atoms with Crippen molar-refractivity contribution in [3.8, 4) is 0 Å². The first-order chi connectivity index (χ1) is 9.06. The summed E-state index contributed by atoms with van der Waals surface area (Å²) < 4.78 is 1.42. The van der Waals surface area contributed by atoms with Crippen LogP contribution in [0.1, 0.15) is 26.7 Å². The van der Waals surface area contributed by atoms with Gasteiger partial charge in [0.25, 0.3) is 5.56 Å². The van der Waals surface area contributed by atoms with Crippen LogP contribution in [-0.4, -0.2) is 28.3 Å². The predicted octanol–water partition coefficient (Wildman–Crippen LogP) is 3.11. The van der Waals surface area contributed by atoms with Gasteiger partial charge in [-0.05, 0) is 30.8 Å². The van der Waals surface area contributed by atoms with E-state index in [-0.39, 0.29) is 10.6 Å². The van der Waals surface area contributed by atoms with Crippen LogP contribution in [0.15, 0.2) is 11.0 Å². The summed E-state index contributed by atoms with van der Waals surface area (Å²) in [5, 5.41) is 7.56. The van der Waals surface area contributed by atoms with Crippen molar-refractivity contribution in [2.45, 2.75) is 33.2 Å². The van der Waals surface area contributed by atoms with Crippen molar-refractivity contribution in [1.82, 2.24) is 9.78 Å². The van der Waals surface area contributed by atoms with Gasteiger partial charge in [0.1, 0.15) is 5.02 Å². The topological polar surface area (TPSA) is 46.9 Å². The number of rotatable bonds is 8. The largest absolute Gasteiger partial charge is 0.382 e. The Bertz CT molecular complexity index is 448. The Morgan fingerprint density at radius 3 is 2.84 bits per heavy atom. The molecule has 0 saturated heterocycles. The molecule has 0 unspecified atom stereocenters. The van der Waals surface area contributed by atoms with Gasteiger partial charge in [-0.2, -0.15) is 16.9 Å². The summed E-state index contributed by atoms with van der Waals surface area (Å²) in [6.45, 7) is 5.49. The highest BCUT2D eigenvalue weighted by Gasteiger charge is 2.09. The molecule has 1 aromatic rings. The smallest absolute Gasteiger partial charge is 0.287 e. The molecule has 0 aliphatic heterocycles. The summed E-state index contributed by atoms with van der Waals surface area (Å²) in [5.41, 5.74) is 0.417. The normalized spacial score (nSPS) is 11.0. The van der Waals surface area contributed by atoms with Crippen LogP contribution in [0.4, 0.5) is 5.69 Å². The van der Waals surface area contributed by atoms with Gasteiger partial charge in [0.15, 0.2) is 0 Å². The van der Waals surface area contributed by atoms with Crippen LogP contribution >= 0.6 is 23.4 Å². The highest BCUT2D eigenvalue weighted by atomic mass is 35.5. The summed E-state index contributed by atoms with van der Waals surface area (Å²) in [6, 6.07) is 0. The average Bonchev–Trinajstić information content (AvgIpc) is 2.37. The average molecular weight is 304 g/mol. The van der Waals surface area contributed by atoms with E-state index in [0.29, 0.717) is 18.2 Å². The highest BCUT2D eigenvalue weighted by molar-refractivity contribution is 7.98. The molecule has 0 bridgehead atoms. The maximum Gasteiger partial charge on any atom is 0.287 e. The molecule has 108 valence electrons. The summed E-state index contributed by atoms with van der Waals surface area (Å²) in [6.07, 6.45) is 5.96. The second-order valence-electron chi connectivity index (χ2n) is 4.88. The second-order valence-corrected chi connectivity index (χ2v) is 6.24. The van der Waals surface area contributed by atoms with E-state index in [2.05, 4.69) is 16.7 Å². The third-order valence-electron chi connectivity index (χ3n) is 2.61. The van der Waals surface area contributed by atoms with E-state index in [1.54, 1.807) is 6.20 Å². The number of unbranched alkanes of at least 4 members (excludes halogenated alkanes) is 1. The number of halogens is 1. The fraction of sp³-hybridized carbons (Fsp3) is 0.692. The number of hydrogen-bond donors (Lipinski definition) is 1. The van der Waals surface area contributed by atoms with Gasteiger partial charge in [-0.1, -0.05) is 25.4 Å². The third-order valence-corrected chi connectivity index (χ3v) is 3.68. The van der Waals surface area contributed by atoms with Crippen LogP contribution in [0.3, 0.4) is 0 Å². The Kier molecular flexibility index (Phi) is 7.31. The summed E-state index contributed by atoms with van der Waals surface area (Å²) in [5.74, 6) is 1.52. The van der Waals surface area contributed by atoms with Crippen molar-refractivity contribution in [3.63, 3.8) is 0 Å². The molecule has 19 heavy (non-hydrogen) atoms. The molecule has 0 aromatic carbocycles. The number of thioether (sulfide) groups is 1. The SMILES string of the molecule is CSCCCCNc1cnn(CC(C)C)c(=O)c1Cl. The van der Waals surface area contributed by atoms with Gasteiger partial charge in [0.2, 0.25) is 0 Å². The first-order valence-corrected chi connectivity index (χ1v) is 8.32. The lowest BCUT2D eigenvalue weighted by Gasteiger charge is -2.11. The molecular weight excluding hydrogens is 282 g/mol. The molecule has 1 N–H and O–H groups in total. The number of hydrogen-bond acceptors (Lipinski definition) is 4. The number of aromatic nitrogens is 2. The molecule has 0 aliphatic carbocycles. The van der Waals surface area contributed by atoms with Crippen LogP contribution in [0.25, 0.3) is 0 Å². The van der Waals surface area contributed by atoms with E-state index >= 15 is 0 Å². The lowest BCUT2D eigenvalue weighted by Crippen LogP contribution is -2.26. The Morgan fingerprint density at radius 2 is 2.21 bits per heavy atom. The van der Waals surface area contributed by atoms with Gasteiger partial charge in [0, 0.05) is 13.1 Å². The summed E-state index contributed by atoms with van der Waals surface area (Å²) >= 11 is 7.92. The zero-order chi connectivity index (χ0) is 14.3. The maximum atomic E-state index is 12.0. The molecule has 1 heterocycles. The van der Waals surface area contributed by atoms with E-state index in [9.17, 15) is 4.79 Å². The fourth-order valence-electron chi connectivity index (χ4n) is 1.66. The minimum atomic E-state index is -0.218. The van der Waals surface area contributed by atoms with Gasteiger partial charge in [-0.25, -0.2) is 4.68 Å². The summed E-state index contributed by atoms with van der Waals surface area (Å²) in [7, 11) is 0. The highest BCUT2D eigenvalue weighted by Crippen LogP contribution is 2.15. The first-order valence-electron chi connectivity index (χ1n) is 6.54. The lowest BCUT2D eigenvalue weighted by molar-refractivity contribution is 0.464. The van der Waals surface area contributed by atoms with Crippen molar-refractivity contribution in [3.05, 3.63) is 21.6 Å². The number of anilines is 1. The number of nitrogens with zero attached hydrogens (tertiary/aromatic N) is 2. The van der Waals surface area contributed by atoms with Crippen molar-refractivity contribution >= 4 is 29.1 Å². The van der Waals surface area contributed by atoms with Gasteiger partial charge in [-0.15, -0.1) is 0 Å². The Balaban J connectivity index is 2.61. The molecule has 0 radical (unpaired) electrons. The molecule has 0 aliphatic rings. The van der Waals surface area contributed by atoms with Crippen molar-refractivity contribution in [1.29, 1.82) is 0 Å². The Labute approximate surface area is 123 Å². The quantitative estimate of drug-likeness (QED) is 0.750. The van der Waals surface area contributed by atoms with E-state index in [4.69, 9.17) is 11.6 Å². The van der Waals surface area contributed by atoms with Gasteiger partial charge >= 0.3 is 0 Å². The van der Waals surface area contributed by atoms with Crippen LogP contribution in [0.2, 0.25) is 5.02 Å². The predicted molar refractivity (Wildman–Crippen MR) is 84.5 cm³/mol. The first kappa shape index (κ1) is 16.4. The molecule has 0 saturated carbocycles. The van der Waals surface area contributed by atoms with E-state index in [1.807, 2.05) is 25.6 Å². The molecular formula is C13H22ClN3OS. The van der Waals surface area contributed by atoms with Gasteiger partial charge < -0.3 is 5.32 Å². The third kappa shape index (κ3) is 5.45. The zero-order valence-corrected chi connectivity index (χ0v) is 13.4. The van der Waals surface area contributed by atoms with Gasteiger partial charge in [-0.3, -0.25) is 4.79 Å². The molecule has 0 fully saturated rings. The maximum absolute atomic E-state index is 12.0. The van der Waals surface area contributed by atoms with Crippen LogP contribution in [0, 0.1) is 5.92 Å². The molecule has 0 spiro atoms. The second kappa shape index (κ2) is 8.48. The van der Waals surface area contributed by atoms with E-state index < -0.39 is 0 Å². The van der Waals surface area contributed by atoms with E-state index in [0.717, 1.165) is 25.1 Å². The van der Waals surface area contributed by atoms with Crippen LogP contribution in [0.5, 0.6) is 0 Å². The molecule has 1 aromatic heterocycles. The fourth-order valence-corrected chi connectivity index (χ4v) is 2.36. The number of nitrogens with one attached hydrogen (secondary N) is 1. The molecule has 1 rings (SSSR count). The van der Waals surface area contributed by atoms with Gasteiger partial charge in [0.05, 0.1) is 11.9 Å². The Hall–Kier alpha value is -0.680. The minimum absolute atomic E-state index is 0.218. The van der Waals surface area contributed by atoms with Crippen LogP contribution in [-0.2, 0) is 6.54 Å². The minimum Gasteiger partial charge on any atom is -0.382 e. The zero-order valence-electron chi connectivity index (χ0n) is 11.8. The molecule has 4 nitrogen and oxygen atoms in total. The molecule has 0 amide bonds. The standard InChI is InChI=1S/C13H22ClN3OS/c1-10(2)9-17-13(18)12(14)11(8-16-17)15-6-4-5-7-19-3/h8,10,15H,4-7,9H2,1-3H3. The monoisotopic (exact) mass is 303 g/mol. The van der Waals surface area contributed by atoms with Crippen LogP contribution < -0.4 is 10.9 Å². The Morgan fingerprint density at radius 1 is 1.47 bits per heavy atom. The van der Waals surface area contributed by atoms with Crippen molar-refractivity contribution in [2.75, 3.05) is 23.9 Å². The van der Waals surface area contributed by atoms with Crippen molar-refractivity contribution in [2.24, 2.45) is 5.92 Å². The van der Waals surface area contributed by atoms with E-state index in [1.165, 1.54) is 4.68 Å². The lowest BCUT2D eigenvalue weighted by atomic mass is 10.2. The van der Waals surface area contributed by atoms with Crippen molar-refractivity contribution < 1.29 is 0 Å². The molecule has 0 atom stereocenters. The molecule has 6 heteroatoms. The summed E-state index contributed by atoms with van der Waals surface area (Å²) in [4.78, 5) is 12.0.